The fourth-order valence-corrected chi connectivity index (χ4v) is 2.56. The van der Waals surface area contributed by atoms with Gasteiger partial charge in [-0.2, -0.15) is 0 Å². The smallest absolute Gasteiger partial charge is 0.179 e. The van der Waals surface area contributed by atoms with Crippen molar-refractivity contribution in [3.05, 3.63) is 47.9 Å². The number of furan rings is 1. The Morgan fingerprint density at radius 2 is 2.22 bits per heavy atom. The minimum absolute atomic E-state index is 0.0472. The molecule has 3 rings (SSSR count). The molecule has 1 aliphatic heterocycles. The van der Waals surface area contributed by atoms with E-state index in [9.17, 15) is 4.79 Å². The highest BCUT2D eigenvalue weighted by atomic mass is 16.5. The molecule has 5 nitrogen and oxygen atoms in total. The predicted molar refractivity (Wildman–Crippen MR) is 89.0 cm³/mol. The van der Waals surface area contributed by atoms with E-state index < -0.39 is 0 Å². The van der Waals surface area contributed by atoms with Crippen molar-refractivity contribution in [2.75, 3.05) is 11.9 Å². The SMILES string of the molecule is CC(NCc1ccco1)C(=O)c1ccc2c(c1)NCC(C)(C)O2. The fraction of sp³-hybridized carbons (Fsp3) is 0.389. The van der Waals surface area contributed by atoms with E-state index in [1.54, 1.807) is 6.26 Å². The number of hydrogen-bond donors (Lipinski definition) is 2. The minimum Gasteiger partial charge on any atom is -0.484 e. The van der Waals surface area contributed by atoms with Crippen LogP contribution in [0.5, 0.6) is 5.75 Å². The van der Waals surface area contributed by atoms with Crippen molar-refractivity contribution >= 4 is 11.5 Å². The van der Waals surface area contributed by atoms with Crippen LogP contribution >= 0.6 is 0 Å². The molecular formula is C18H22N2O3. The molecule has 23 heavy (non-hydrogen) atoms. The first-order valence-corrected chi connectivity index (χ1v) is 7.81. The Morgan fingerprint density at radius 3 is 2.96 bits per heavy atom. The number of hydrogen-bond acceptors (Lipinski definition) is 5. The van der Waals surface area contributed by atoms with E-state index in [4.69, 9.17) is 9.15 Å². The van der Waals surface area contributed by atoms with Gasteiger partial charge in [0, 0.05) is 5.56 Å². The van der Waals surface area contributed by atoms with Crippen molar-refractivity contribution < 1.29 is 13.9 Å². The molecular weight excluding hydrogens is 292 g/mol. The number of ether oxygens (including phenoxy) is 1. The van der Waals surface area contributed by atoms with Crippen molar-refractivity contribution in [2.45, 2.75) is 39.0 Å². The number of carbonyl (C=O) groups excluding carboxylic acids is 1. The van der Waals surface area contributed by atoms with Crippen LogP contribution in [0.1, 0.15) is 36.9 Å². The Labute approximate surface area is 136 Å². The number of rotatable bonds is 5. The molecule has 0 saturated carbocycles. The highest BCUT2D eigenvalue weighted by Gasteiger charge is 2.27. The van der Waals surface area contributed by atoms with Gasteiger partial charge in [0.25, 0.3) is 0 Å². The summed E-state index contributed by atoms with van der Waals surface area (Å²) in [7, 11) is 0. The van der Waals surface area contributed by atoms with E-state index in [2.05, 4.69) is 10.6 Å². The van der Waals surface area contributed by atoms with Gasteiger partial charge in [-0.15, -0.1) is 0 Å². The van der Waals surface area contributed by atoms with Gasteiger partial charge < -0.3 is 19.8 Å². The number of carbonyl (C=O) groups is 1. The Hall–Kier alpha value is -2.27. The van der Waals surface area contributed by atoms with Gasteiger partial charge in [0.1, 0.15) is 17.1 Å². The molecule has 0 radical (unpaired) electrons. The first kappa shape index (κ1) is 15.6. The first-order valence-electron chi connectivity index (χ1n) is 7.81. The number of anilines is 1. The quantitative estimate of drug-likeness (QED) is 0.830. The molecule has 0 spiro atoms. The van der Waals surface area contributed by atoms with Gasteiger partial charge >= 0.3 is 0 Å². The summed E-state index contributed by atoms with van der Waals surface area (Å²) in [6.45, 7) is 7.16. The Kier molecular flexibility index (Phi) is 4.13. The third-order valence-electron chi connectivity index (χ3n) is 3.91. The first-order chi connectivity index (χ1) is 10.9. The van der Waals surface area contributed by atoms with Gasteiger partial charge in [-0.05, 0) is 51.1 Å². The van der Waals surface area contributed by atoms with E-state index >= 15 is 0 Å². The largest absolute Gasteiger partial charge is 0.484 e. The molecule has 1 unspecified atom stereocenters. The Morgan fingerprint density at radius 1 is 1.39 bits per heavy atom. The van der Waals surface area contributed by atoms with E-state index in [-0.39, 0.29) is 17.4 Å². The minimum atomic E-state index is -0.293. The van der Waals surface area contributed by atoms with Crippen molar-refractivity contribution in [3.8, 4) is 5.75 Å². The third-order valence-corrected chi connectivity index (χ3v) is 3.91. The van der Waals surface area contributed by atoms with Crippen LogP contribution in [0.15, 0.2) is 41.0 Å². The monoisotopic (exact) mass is 314 g/mol. The van der Waals surface area contributed by atoms with Crippen molar-refractivity contribution in [3.63, 3.8) is 0 Å². The lowest BCUT2D eigenvalue weighted by Crippen LogP contribution is -2.40. The molecule has 1 atom stereocenters. The summed E-state index contributed by atoms with van der Waals surface area (Å²) >= 11 is 0. The van der Waals surface area contributed by atoms with Crippen LogP contribution < -0.4 is 15.4 Å². The number of fused-ring (bicyclic) bond motifs is 1. The summed E-state index contributed by atoms with van der Waals surface area (Å²) in [5.74, 6) is 1.65. The molecule has 1 aromatic carbocycles. The zero-order valence-corrected chi connectivity index (χ0v) is 13.7. The number of Topliss-reactive ketones (excluding diaryl/α,β-unsaturated/α-hetero) is 1. The lowest BCUT2D eigenvalue weighted by Gasteiger charge is -2.33. The molecule has 2 aromatic rings. The van der Waals surface area contributed by atoms with Crippen molar-refractivity contribution in [1.29, 1.82) is 0 Å². The van der Waals surface area contributed by atoms with Gasteiger partial charge in [0.2, 0.25) is 0 Å². The number of nitrogens with one attached hydrogen (secondary N) is 2. The van der Waals surface area contributed by atoms with Crippen LogP contribution in [0.4, 0.5) is 5.69 Å². The van der Waals surface area contributed by atoms with Crippen molar-refractivity contribution in [1.82, 2.24) is 5.32 Å². The van der Waals surface area contributed by atoms with Crippen molar-refractivity contribution in [2.24, 2.45) is 0 Å². The van der Waals surface area contributed by atoms with E-state index in [0.717, 1.165) is 17.2 Å². The summed E-state index contributed by atoms with van der Waals surface area (Å²) in [4.78, 5) is 12.6. The van der Waals surface area contributed by atoms with Crippen LogP contribution in [0.2, 0.25) is 0 Å². The summed E-state index contributed by atoms with van der Waals surface area (Å²) < 4.78 is 11.2. The van der Waals surface area contributed by atoms with Crippen LogP contribution in [0.3, 0.4) is 0 Å². The van der Waals surface area contributed by atoms with E-state index in [0.29, 0.717) is 18.7 Å². The molecule has 1 aliphatic rings. The second-order valence-electron chi connectivity index (χ2n) is 6.47. The summed E-state index contributed by atoms with van der Waals surface area (Å²) in [5.41, 5.74) is 1.29. The average molecular weight is 314 g/mol. The normalized spacial score (nSPS) is 16.8. The average Bonchev–Trinajstić information content (AvgIpc) is 3.04. The maximum Gasteiger partial charge on any atom is 0.179 e. The highest BCUT2D eigenvalue weighted by molar-refractivity contribution is 6.01. The second kappa shape index (κ2) is 6.08. The highest BCUT2D eigenvalue weighted by Crippen LogP contribution is 2.33. The maximum absolute atomic E-state index is 12.6. The molecule has 1 aromatic heterocycles. The fourth-order valence-electron chi connectivity index (χ4n) is 2.56. The predicted octanol–water partition coefficient (Wildman–Crippen LogP) is 3.22. The molecule has 2 heterocycles. The zero-order chi connectivity index (χ0) is 16.4. The van der Waals surface area contributed by atoms with Gasteiger partial charge in [-0.3, -0.25) is 4.79 Å². The standard InChI is InChI=1S/C18H22N2O3/c1-12(19-10-14-5-4-8-22-14)17(21)13-6-7-16-15(9-13)20-11-18(2,3)23-16/h4-9,12,19-20H,10-11H2,1-3H3. The van der Waals surface area contributed by atoms with Crippen LogP contribution in [-0.4, -0.2) is 24.0 Å². The van der Waals surface area contributed by atoms with E-state index in [1.807, 2.05) is 51.1 Å². The molecule has 0 fully saturated rings. The molecule has 0 saturated heterocycles. The Balaban J connectivity index is 1.68. The van der Waals surface area contributed by atoms with Gasteiger partial charge in [0.05, 0.1) is 31.1 Å². The zero-order valence-electron chi connectivity index (χ0n) is 13.7. The second-order valence-corrected chi connectivity index (χ2v) is 6.47. The molecule has 0 amide bonds. The molecule has 122 valence electrons. The summed E-state index contributed by atoms with van der Waals surface area (Å²) in [6.07, 6.45) is 1.63. The van der Waals surface area contributed by atoms with Crippen LogP contribution in [0, 0.1) is 0 Å². The van der Waals surface area contributed by atoms with E-state index in [1.165, 1.54) is 0 Å². The summed E-state index contributed by atoms with van der Waals surface area (Å²) in [6, 6.07) is 8.95. The lowest BCUT2D eigenvalue weighted by atomic mass is 10.0. The number of ketones is 1. The maximum atomic E-state index is 12.6. The molecule has 0 bridgehead atoms. The van der Waals surface area contributed by atoms with Crippen LogP contribution in [-0.2, 0) is 6.54 Å². The number of benzene rings is 1. The molecule has 2 N–H and O–H groups in total. The topological polar surface area (TPSA) is 63.5 Å². The molecule has 0 aliphatic carbocycles. The molecule has 5 heteroatoms. The van der Waals surface area contributed by atoms with Gasteiger partial charge in [-0.25, -0.2) is 0 Å². The van der Waals surface area contributed by atoms with Gasteiger partial charge in [0.15, 0.2) is 5.78 Å². The lowest BCUT2D eigenvalue weighted by molar-refractivity contribution is 0.0949. The third kappa shape index (κ3) is 3.56. The Bertz CT molecular complexity index is 692. The van der Waals surface area contributed by atoms with Gasteiger partial charge in [-0.1, -0.05) is 0 Å². The van der Waals surface area contributed by atoms with Crippen LogP contribution in [0.25, 0.3) is 0 Å². The summed E-state index contributed by atoms with van der Waals surface area (Å²) in [5, 5.41) is 6.51.